The number of Topliss-reactive ketones (excluding diaryl/α,β-unsaturated/α-hetero) is 1. The van der Waals surface area contributed by atoms with Gasteiger partial charge in [0.05, 0.1) is 6.61 Å². The van der Waals surface area contributed by atoms with E-state index in [9.17, 15) is 4.79 Å². The van der Waals surface area contributed by atoms with Crippen LogP contribution in [0.5, 0.6) is 5.75 Å². The molecule has 0 atom stereocenters. The average Bonchev–Trinajstić information content (AvgIpc) is 2.51. The molecule has 1 aromatic rings. The molecule has 128 valence electrons. The van der Waals surface area contributed by atoms with Gasteiger partial charge in [0.15, 0.2) is 0 Å². The molecule has 0 saturated heterocycles. The second-order valence-electron chi connectivity index (χ2n) is 5.66. The van der Waals surface area contributed by atoms with E-state index in [1.807, 2.05) is 48.5 Å². The van der Waals surface area contributed by atoms with Crippen LogP contribution in [0.4, 0.5) is 0 Å². The molecular weight excluding hydrogens is 272 g/mol. The molecule has 0 radical (unpaired) electrons. The van der Waals surface area contributed by atoms with Gasteiger partial charge in [-0.25, -0.2) is 0 Å². The van der Waals surface area contributed by atoms with E-state index >= 15 is 0 Å². The number of hydrogen-bond acceptors (Lipinski definition) is 2. The van der Waals surface area contributed by atoms with Gasteiger partial charge in [0.2, 0.25) is 0 Å². The van der Waals surface area contributed by atoms with Crippen molar-refractivity contribution in [1.82, 2.24) is 0 Å². The van der Waals surface area contributed by atoms with Crippen molar-refractivity contribution in [3.63, 3.8) is 0 Å². The van der Waals surface area contributed by atoms with E-state index in [1.54, 1.807) is 6.92 Å². The van der Waals surface area contributed by atoms with Gasteiger partial charge >= 0.3 is 0 Å². The third kappa shape index (κ3) is 8.86. The Hall–Kier alpha value is -1.31. The molecule has 0 aliphatic heterocycles. The molecule has 1 rings (SSSR count). The molecule has 0 aliphatic rings. The Morgan fingerprint density at radius 1 is 1.09 bits per heavy atom. The maximum Gasteiger partial charge on any atom is 0.135 e. The van der Waals surface area contributed by atoms with Crippen molar-refractivity contribution in [1.29, 1.82) is 0 Å². The second kappa shape index (κ2) is 12.3. The Morgan fingerprint density at radius 2 is 1.64 bits per heavy atom. The van der Waals surface area contributed by atoms with Gasteiger partial charge in [-0.05, 0) is 50.8 Å². The van der Waals surface area contributed by atoms with E-state index in [2.05, 4.69) is 25.1 Å². The highest BCUT2D eigenvalue weighted by molar-refractivity contribution is 5.81. The largest absolute Gasteiger partial charge is 0.493 e. The molecule has 0 heterocycles. The number of carbonyl (C=O) groups excluding carboxylic acids is 1. The van der Waals surface area contributed by atoms with Gasteiger partial charge in [0.25, 0.3) is 0 Å². The second-order valence-corrected chi connectivity index (χ2v) is 5.66. The van der Waals surface area contributed by atoms with Gasteiger partial charge in [-0.2, -0.15) is 0 Å². The van der Waals surface area contributed by atoms with Crippen molar-refractivity contribution in [3.05, 3.63) is 29.3 Å². The minimum absolute atomic E-state index is 0.231. The third-order valence-corrected chi connectivity index (χ3v) is 3.50. The highest BCUT2D eigenvalue weighted by Gasteiger charge is 2.22. The Balaban J connectivity index is 0. The van der Waals surface area contributed by atoms with Crippen molar-refractivity contribution in [2.45, 2.75) is 75.2 Å². The van der Waals surface area contributed by atoms with Crippen LogP contribution in [0.3, 0.4) is 0 Å². The van der Waals surface area contributed by atoms with Gasteiger partial charge in [0.1, 0.15) is 11.5 Å². The molecule has 1 aromatic carbocycles. The van der Waals surface area contributed by atoms with Crippen LogP contribution in [-0.4, -0.2) is 12.4 Å². The zero-order valence-electron chi connectivity index (χ0n) is 16.2. The van der Waals surface area contributed by atoms with Crippen LogP contribution in [-0.2, 0) is 4.79 Å². The number of carbonyl (C=O) groups is 1. The van der Waals surface area contributed by atoms with Gasteiger partial charge in [-0.1, -0.05) is 53.7 Å². The lowest BCUT2D eigenvalue weighted by molar-refractivity contribution is -0.125. The van der Waals surface area contributed by atoms with Crippen molar-refractivity contribution in [3.8, 4) is 5.75 Å². The molecule has 0 fully saturated rings. The standard InChI is InChI=1S/C16H24O2.2C2H6/c1-12-7-8-13(2)15(11-12)18-10-6-9-16(4,5)14(3)17;2*1-2/h7-8,11H,6,9-10H2,1-5H3;2*1-2H3. The summed E-state index contributed by atoms with van der Waals surface area (Å²) in [5.41, 5.74) is 2.14. The van der Waals surface area contributed by atoms with Crippen LogP contribution in [0.1, 0.15) is 72.4 Å². The van der Waals surface area contributed by atoms with E-state index in [0.29, 0.717) is 6.61 Å². The SMILES string of the molecule is CC.CC.CC(=O)C(C)(C)CCCOc1cc(C)ccc1C. The summed E-state index contributed by atoms with van der Waals surface area (Å²) in [6, 6.07) is 6.22. The summed E-state index contributed by atoms with van der Waals surface area (Å²) < 4.78 is 5.78. The first-order valence-electron chi connectivity index (χ1n) is 8.54. The normalized spacial score (nSPS) is 9.86. The van der Waals surface area contributed by atoms with Crippen LogP contribution in [0, 0.1) is 19.3 Å². The average molecular weight is 309 g/mol. The van der Waals surface area contributed by atoms with Crippen LogP contribution in [0.2, 0.25) is 0 Å². The maximum atomic E-state index is 11.4. The van der Waals surface area contributed by atoms with Crippen molar-refractivity contribution in [2.75, 3.05) is 6.61 Å². The van der Waals surface area contributed by atoms with E-state index in [4.69, 9.17) is 4.74 Å². The maximum absolute atomic E-state index is 11.4. The van der Waals surface area contributed by atoms with Crippen molar-refractivity contribution >= 4 is 5.78 Å². The third-order valence-electron chi connectivity index (χ3n) is 3.50. The first-order chi connectivity index (χ1) is 10.3. The molecule has 0 saturated carbocycles. The highest BCUT2D eigenvalue weighted by Crippen LogP contribution is 2.24. The molecule has 2 nitrogen and oxygen atoms in total. The minimum atomic E-state index is -0.231. The van der Waals surface area contributed by atoms with Crippen LogP contribution < -0.4 is 4.74 Å². The smallest absolute Gasteiger partial charge is 0.135 e. The molecule has 0 aromatic heterocycles. The van der Waals surface area contributed by atoms with Crippen molar-refractivity contribution in [2.24, 2.45) is 5.41 Å². The molecule has 2 heteroatoms. The Kier molecular flexibility index (Phi) is 12.8. The lowest BCUT2D eigenvalue weighted by Gasteiger charge is -2.20. The number of aryl methyl sites for hydroxylation is 2. The number of benzene rings is 1. The number of hydrogen-bond donors (Lipinski definition) is 0. The molecule has 0 N–H and O–H groups in total. The molecule has 22 heavy (non-hydrogen) atoms. The summed E-state index contributed by atoms with van der Waals surface area (Å²) >= 11 is 0. The Morgan fingerprint density at radius 3 is 2.14 bits per heavy atom. The number of rotatable bonds is 6. The molecular formula is C20H36O2. The zero-order chi connectivity index (χ0) is 17.8. The molecule has 0 amide bonds. The quantitative estimate of drug-likeness (QED) is 0.591. The van der Waals surface area contributed by atoms with E-state index in [-0.39, 0.29) is 11.2 Å². The fraction of sp³-hybridized carbons (Fsp3) is 0.650. The van der Waals surface area contributed by atoms with E-state index < -0.39 is 0 Å². The summed E-state index contributed by atoms with van der Waals surface area (Å²) in [7, 11) is 0. The van der Waals surface area contributed by atoms with Crippen molar-refractivity contribution < 1.29 is 9.53 Å². The molecule has 0 spiro atoms. The fourth-order valence-corrected chi connectivity index (χ4v) is 1.74. The summed E-state index contributed by atoms with van der Waals surface area (Å²) in [5.74, 6) is 1.20. The van der Waals surface area contributed by atoms with Crippen LogP contribution in [0.15, 0.2) is 18.2 Å². The van der Waals surface area contributed by atoms with Crippen LogP contribution >= 0.6 is 0 Å². The molecule has 0 bridgehead atoms. The van der Waals surface area contributed by atoms with Crippen LogP contribution in [0.25, 0.3) is 0 Å². The van der Waals surface area contributed by atoms with Gasteiger partial charge in [0, 0.05) is 5.41 Å². The van der Waals surface area contributed by atoms with Gasteiger partial charge in [-0.15, -0.1) is 0 Å². The topological polar surface area (TPSA) is 26.3 Å². The summed E-state index contributed by atoms with van der Waals surface area (Å²) in [5, 5.41) is 0. The Labute approximate surface area is 138 Å². The predicted octanol–water partition coefficient (Wildman–Crippen LogP) is 6.13. The molecule has 0 aliphatic carbocycles. The fourth-order valence-electron chi connectivity index (χ4n) is 1.74. The van der Waals surface area contributed by atoms with Gasteiger partial charge < -0.3 is 4.74 Å². The Bertz CT molecular complexity index is 420. The molecule has 0 unspecified atom stereocenters. The lowest BCUT2D eigenvalue weighted by atomic mass is 9.84. The summed E-state index contributed by atoms with van der Waals surface area (Å²) in [6.45, 7) is 18.4. The summed E-state index contributed by atoms with van der Waals surface area (Å²) in [4.78, 5) is 11.4. The predicted molar refractivity (Wildman–Crippen MR) is 97.8 cm³/mol. The first kappa shape index (κ1) is 23.0. The lowest BCUT2D eigenvalue weighted by Crippen LogP contribution is -2.21. The zero-order valence-corrected chi connectivity index (χ0v) is 16.2. The van der Waals surface area contributed by atoms with E-state index in [1.165, 1.54) is 5.56 Å². The highest BCUT2D eigenvalue weighted by atomic mass is 16.5. The van der Waals surface area contributed by atoms with Gasteiger partial charge in [-0.3, -0.25) is 4.79 Å². The first-order valence-corrected chi connectivity index (χ1v) is 8.54. The van der Waals surface area contributed by atoms with E-state index in [0.717, 1.165) is 24.2 Å². The monoisotopic (exact) mass is 308 g/mol. The summed E-state index contributed by atoms with van der Waals surface area (Å²) in [6.07, 6.45) is 1.77. The minimum Gasteiger partial charge on any atom is -0.493 e. The number of ketones is 1. The number of ether oxygens (including phenoxy) is 1.